The summed E-state index contributed by atoms with van der Waals surface area (Å²) in [4.78, 5) is 14.6. The molecule has 0 fully saturated rings. The number of likely N-dealkylation sites (N-methyl/N-ethyl adjacent to an activating group) is 1. The van der Waals surface area contributed by atoms with Gasteiger partial charge in [-0.05, 0) is 30.5 Å². The van der Waals surface area contributed by atoms with Crippen LogP contribution in [0.2, 0.25) is 0 Å². The van der Waals surface area contributed by atoms with Crippen molar-refractivity contribution in [1.29, 1.82) is 0 Å². The lowest BCUT2D eigenvalue weighted by Gasteiger charge is -2.18. The van der Waals surface area contributed by atoms with Gasteiger partial charge in [0, 0.05) is 18.2 Å². The summed E-state index contributed by atoms with van der Waals surface area (Å²) in [5.41, 5.74) is 2.14. The Kier molecular flexibility index (Phi) is 4.39. The van der Waals surface area contributed by atoms with Crippen LogP contribution in [0.1, 0.15) is 17.4 Å². The fourth-order valence-corrected chi connectivity index (χ4v) is 2.32. The van der Waals surface area contributed by atoms with E-state index >= 15 is 0 Å². The Hall–Kier alpha value is -2.31. The third-order valence-electron chi connectivity index (χ3n) is 2.78. The van der Waals surface area contributed by atoms with Crippen molar-refractivity contribution in [3.05, 3.63) is 64.4 Å². The number of carbonyl (C=O) groups is 1. The maximum absolute atomic E-state index is 12.0. The van der Waals surface area contributed by atoms with E-state index in [1.807, 2.05) is 41.8 Å². The largest absolute Gasteiger partial charge is 0.310 e. The number of carbonyl (C=O) groups excluding carboxylic acids is 1. The molecule has 0 aliphatic rings. The van der Waals surface area contributed by atoms with Crippen LogP contribution in [0.15, 0.2) is 53.9 Å². The van der Waals surface area contributed by atoms with Crippen molar-refractivity contribution in [2.45, 2.75) is 6.92 Å². The predicted octanol–water partition coefficient (Wildman–Crippen LogP) is 3.69. The lowest BCUT2D eigenvalue weighted by Crippen LogP contribution is -2.27. The van der Waals surface area contributed by atoms with Gasteiger partial charge in [-0.3, -0.25) is 4.79 Å². The maximum atomic E-state index is 12.0. The van der Waals surface area contributed by atoms with Crippen LogP contribution < -0.4 is 4.90 Å². The average molecular weight is 281 g/mol. The molecule has 0 saturated carbocycles. The Morgan fingerprint density at radius 2 is 1.95 bits per heavy atom. The van der Waals surface area contributed by atoms with Crippen LogP contribution in [0.4, 0.5) is 5.69 Å². The normalized spacial score (nSPS) is 9.50. The number of benzene rings is 1. The van der Waals surface area contributed by atoms with E-state index in [2.05, 4.69) is 18.4 Å². The second-order valence-electron chi connectivity index (χ2n) is 4.39. The van der Waals surface area contributed by atoms with E-state index in [1.54, 1.807) is 30.2 Å². The van der Waals surface area contributed by atoms with E-state index < -0.39 is 0 Å². The van der Waals surface area contributed by atoms with Gasteiger partial charge in [-0.25, -0.2) is 0 Å². The topological polar surface area (TPSA) is 20.3 Å². The summed E-state index contributed by atoms with van der Waals surface area (Å²) in [7, 11) is 1.74. The Balaban J connectivity index is 2.36. The Bertz CT molecular complexity index is 689. The first kappa shape index (κ1) is 14.1. The summed E-state index contributed by atoms with van der Waals surface area (Å²) in [6.07, 6.45) is 0. The molecule has 1 aromatic heterocycles. The van der Waals surface area contributed by atoms with Gasteiger partial charge in [-0.1, -0.05) is 36.6 Å². The molecule has 1 heterocycles. The van der Waals surface area contributed by atoms with Crippen LogP contribution in [-0.2, 0) is 4.79 Å². The van der Waals surface area contributed by atoms with Crippen molar-refractivity contribution >= 4 is 22.9 Å². The predicted molar refractivity (Wildman–Crippen MR) is 85.0 cm³/mol. The van der Waals surface area contributed by atoms with Crippen molar-refractivity contribution in [2.75, 3.05) is 11.9 Å². The van der Waals surface area contributed by atoms with Crippen LogP contribution in [0, 0.1) is 11.8 Å². The molecule has 0 N–H and O–H groups in total. The third kappa shape index (κ3) is 3.17. The average Bonchev–Trinajstić information content (AvgIpc) is 2.97. The zero-order chi connectivity index (χ0) is 14.5. The number of nitrogens with zero attached hydrogens (tertiary/aromatic N) is 1. The van der Waals surface area contributed by atoms with Gasteiger partial charge in [0.25, 0.3) is 5.91 Å². The fraction of sp³-hybridized carbons (Fsp3) is 0.118. The molecule has 0 unspecified atom stereocenters. The summed E-state index contributed by atoms with van der Waals surface area (Å²) < 4.78 is 0. The Labute approximate surface area is 123 Å². The molecule has 0 bridgehead atoms. The minimum atomic E-state index is -0.102. The molecule has 0 atom stereocenters. The molecule has 20 heavy (non-hydrogen) atoms. The van der Waals surface area contributed by atoms with Crippen LogP contribution in [0.5, 0.6) is 0 Å². The standard InChI is InChI=1S/C17H15NOS/c1-13(2)17(19)18(3)16-9-5-4-7-14(16)10-11-15-8-6-12-20-15/h4-9,12H,1H2,2-3H3. The smallest absolute Gasteiger partial charge is 0.253 e. The second-order valence-corrected chi connectivity index (χ2v) is 5.34. The summed E-state index contributed by atoms with van der Waals surface area (Å²) in [5.74, 6) is 6.14. The highest BCUT2D eigenvalue weighted by Crippen LogP contribution is 2.20. The number of hydrogen-bond donors (Lipinski definition) is 0. The molecular weight excluding hydrogens is 266 g/mol. The summed E-state index contributed by atoms with van der Waals surface area (Å²) in [6.45, 7) is 5.40. The van der Waals surface area contributed by atoms with Crippen LogP contribution in [0.3, 0.4) is 0 Å². The highest BCUT2D eigenvalue weighted by atomic mass is 32.1. The number of rotatable bonds is 2. The van der Waals surface area contributed by atoms with Gasteiger partial charge in [0.2, 0.25) is 0 Å². The number of para-hydroxylation sites is 1. The van der Waals surface area contributed by atoms with Gasteiger partial charge < -0.3 is 4.90 Å². The molecule has 1 amide bonds. The first-order chi connectivity index (χ1) is 9.59. The third-order valence-corrected chi connectivity index (χ3v) is 3.56. The molecule has 0 spiro atoms. The first-order valence-corrected chi connectivity index (χ1v) is 7.05. The number of anilines is 1. The molecule has 0 aliphatic heterocycles. The van der Waals surface area contributed by atoms with Gasteiger partial charge in [0.1, 0.15) is 0 Å². The van der Waals surface area contributed by atoms with Crippen molar-refractivity contribution in [3.8, 4) is 11.8 Å². The van der Waals surface area contributed by atoms with E-state index in [1.165, 1.54) is 0 Å². The van der Waals surface area contributed by atoms with Gasteiger partial charge in [-0.15, -0.1) is 11.3 Å². The first-order valence-electron chi connectivity index (χ1n) is 6.17. The monoisotopic (exact) mass is 281 g/mol. The zero-order valence-corrected chi connectivity index (χ0v) is 12.3. The van der Waals surface area contributed by atoms with Gasteiger partial charge in [-0.2, -0.15) is 0 Å². The van der Waals surface area contributed by atoms with E-state index in [-0.39, 0.29) is 5.91 Å². The highest BCUT2D eigenvalue weighted by molar-refractivity contribution is 7.10. The van der Waals surface area contributed by atoms with Crippen molar-refractivity contribution in [2.24, 2.45) is 0 Å². The Morgan fingerprint density at radius 1 is 1.20 bits per heavy atom. The van der Waals surface area contributed by atoms with E-state index in [9.17, 15) is 4.79 Å². The molecule has 0 saturated heterocycles. The quantitative estimate of drug-likeness (QED) is 0.607. The molecule has 100 valence electrons. The minimum Gasteiger partial charge on any atom is -0.310 e. The summed E-state index contributed by atoms with van der Waals surface area (Å²) in [5, 5.41) is 1.99. The maximum Gasteiger partial charge on any atom is 0.253 e. The molecule has 2 aromatic rings. The fourth-order valence-electron chi connectivity index (χ4n) is 1.75. The molecule has 0 aliphatic carbocycles. The van der Waals surface area contributed by atoms with Crippen LogP contribution >= 0.6 is 11.3 Å². The van der Waals surface area contributed by atoms with Crippen molar-refractivity contribution < 1.29 is 4.79 Å². The lowest BCUT2D eigenvalue weighted by molar-refractivity contribution is -0.114. The van der Waals surface area contributed by atoms with Crippen molar-refractivity contribution in [1.82, 2.24) is 0 Å². The van der Waals surface area contributed by atoms with Gasteiger partial charge in [0.05, 0.1) is 10.6 Å². The number of hydrogen-bond acceptors (Lipinski definition) is 2. The summed E-state index contributed by atoms with van der Waals surface area (Å²) in [6, 6.07) is 11.6. The zero-order valence-electron chi connectivity index (χ0n) is 11.5. The van der Waals surface area contributed by atoms with Crippen LogP contribution in [0.25, 0.3) is 0 Å². The van der Waals surface area contributed by atoms with E-state index in [0.29, 0.717) is 5.57 Å². The molecule has 0 radical (unpaired) electrons. The number of thiophene rings is 1. The minimum absolute atomic E-state index is 0.102. The van der Waals surface area contributed by atoms with Gasteiger partial charge >= 0.3 is 0 Å². The van der Waals surface area contributed by atoms with Crippen LogP contribution in [-0.4, -0.2) is 13.0 Å². The van der Waals surface area contributed by atoms with E-state index in [0.717, 1.165) is 16.1 Å². The number of amides is 1. The molecule has 3 heteroatoms. The summed E-state index contributed by atoms with van der Waals surface area (Å²) >= 11 is 1.60. The lowest BCUT2D eigenvalue weighted by atomic mass is 10.1. The highest BCUT2D eigenvalue weighted by Gasteiger charge is 2.13. The molecular formula is C17H15NOS. The second kappa shape index (κ2) is 6.23. The molecule has 1 aromatic carbocycles. The molecule has 2 nitrogen and oxygen atoms in total. The van der Waals surface area contributed by atoms with Gasteiger partial charge in [0.15, 0.2) is 0 Å². The SMILES string of the molecule is C=C(C)C(=O)N(C)c1ccccc1C#Cc1cccs1. The Morgan fingerprint density at radius 3 is 2.60 bits per heavy atom. The van der Waals surface area contributed by atoms with E-state index in [4.69, 9.17) is 0 Å². The van der Waals surface area contributed by atoms with Crippen molar-refractivity contribution in [3.63, 3.8) is 0 Å². The molecule has 2 rings (SSSR count).